The molecule has 18 heavy (non-hydrogen) atoms. The lowest BCUT2D eigenvalue weighted by Crippen LogP contribution is -2.36. The lowest BCUT2D eigenvalue weighted by molar-refractivity contribution is -0.122. The van der Waals surface area contributed by atoms with E-state index in [0.29, 0.717) is 5.69 Å². The Balaban J connectivity index is 2.19. The van der Waals surface area contributed by atoms with Crippen molar-refractivity contribution in [2.24, 2.45) is 5.92 Å². The minimum atomic E-state index is 0.220. The van der Waals surface area contributed by atoms with E-state index in [2.05, 4.69) is 6.92 Å². The van der Waals surface area contributed by atoms with Crippen molar-refractivity contribution < 1.29 is 4.79 Å². The molecule has 2 N–H and O–H groups in total. The van der Waals surface area contributed by atoms with Crippen molar-refractivity contribution in [3.05, 3.63) is 24.3 Å². The van der Waals surface area contributed by atoms with Crippen LogP contribution in [-0.2, 0) is 4.79 Å². The Morgan fingerprint density at radius 2 is 2.11 bits per heavy atom. The lowest BCUT2D eigenvalue weighted by Gasteiger charge is -2.25. The number of carbonyl (C=O) groups is 1. The fourth-order valence-electron chi connectivity index (χ4n) is 2.68. The van der Waals surface area contributed by atoms with Crippen molar-refractivity contribution in [3.63, 3.8) is 0 Å². The van der Waals surface area contributed by atoms with E-state index in [9.17, 15) is 4.79 Å². The first kappa shape index (κ1) is 12.9. The van der Waals surface area contributed by atoms with Crippen LogP contribution < -0.4 is 10.6 Å². The third-order valence-corrected chi connectivity index (χ3v) is 3.60. The Morgan fingerprint density at radius 1 is 1.39 bits per heavy atom. The van der Waals surface area contributed by atoms with Gasteiger partial charge in [0.1, 0.15) is 0 Å². The summed E-state index contributed by atoms with van der Waals surface area (Å²) in [6.45, 7) is 2.88. The van der Waals surface area contributed by atoms with Crippen LogP contribution in [0.1, 0.15) is 39.0 Å². The zero-order chi connectivity index (χ0) is 13.0. The SMILES string of the molecule is CCCN(C(=O)C1CCCC1)c1cccc(N)c1. The van der Waals surface area contributed by atoms with E-state index < -0.39 is 0 Å². The molecule has 0 saturated heterocycles. The Kier molecular flexibility index (Phi) is 4.24. The molecule has 1 aromatic rings. The first-order chi connectivity index (χ1) is 8.72. The highest BCUT2D eigenvalue weighted by atomic mass is 16.2. The molecule has 0 unspecified atom stereocenters. The molecule has 0 aromatic heterocycles. The molecule has 0 atom stereocenters. The average molecular weight is 246 g/mol. The van der Waals surface area contributed by atoms with Gasteiger partial charge in [-0.2, -0.15) is 0 Å². The molecule has 0 radical (unpaired) electrons. The lowest BCUT2D eigenvalue weighted by atomic mass is 10.1. The van der Waals surface area contributed by atoms with Gasteiger partial charge in [0.25, 0.3) is 0 Å². The van der Waals surface area contributed by atoms with Gasteiger partial charge in [-0.3, -0.25) is 4.79 Å². The molecule has 2 rings (SSSR count). The van der Waals surface area contributed by atoms with E-state index in [1.807, 2.05) is 29.2 Å². The van der Waals surface area contributed by atoms with Crippen LogP contribution in [0, 0.1) is 5.92 Å². The van der Waals surface area contributed by atoms with Crippen LogP contribution in [0.15, 0.2) is 24.3 Å². The highest BCUT2D eigenvalue weighted by molar-refractivity contribution is 5.95. The first-order valence-electron chi connectivity index (χ1n) is 6.89. The maximum Gasteiger partial charge on any atom is 0.230 e. The molecule has 98 valence electrons. The number of benzene rings is 1. The molecule has 1 fully saturated rings. The van der Waals surface area contributed by atoms with Crippen LogP contribution >= 0.6 is 0 Å². The van der Waals surface area contributed by atoms with Crippen LogP contribution in [0.25, 0.3) is 0 Å². The summed E-state index contributed by atoms with van der Waals surface area (Å²) in [7, 11) is 0. The van der Waals surface area contributed by atoms with Crippen molar-refractivity contribution in [1.82, 2.24) is 0 Å². The molecule has 0 aliphatic heterocycles. The van der Waals surface area contributed by atoms with E-state index in [4.69, 9.17) is 5.73 Å². The predicted molar refractivity (Wildman–Crippen MR) is 75.5 cm³/mol. The minimum Gasteiger partial charge on any atom is -0.399 e. The van der Waals surface area contributed by atoms with E-state index in [1.165, 1.54) is 12.8 Å². The summed E-state index contributed by atoms with van der Waals surface area (Å²) in [6.07, 6.45) is 5.43. The number of nitrogen functional groups attached to an aromatic ring is 1. The molecule has 3 heteroatoms. The number of hydrogen-bond donors (Lipinski definition) is 1. The number of rotatable bonds is 4. The molecule has 1 amide bonds. The van der Waals surface area contributed by atoms with Gasteiger partial charge >= 0.3 is 0 Å². The quantitative estimate of drug-likeness (QED) is 0.829. The average Bonchev–Trinajstić information content (AvgIpc) is 2.89. The second-order valence-electron chi connectivity index (χ2n) is 5.07. The molecular formula is C15H22N2O. The van der Waals surface area contributed by atoms with Gasteiger partial charge in [0.15, 0.2) is 0 Å². The molecular weight excluding hydrogens is 224 g/mol. The van der Waals surface area contributed by atoms with Crippen molar-refractivity contribution in [1.29, 1.82) is 0 Å². The fraction of sp³-hybridized carbons (Fsp3) is 0.533. The summed E-state index contributed by atoms with van der Waals surface area (Å²) >= 11 is 0. The summed E-state index contributed by atoms with van der Waals surface area (Å²) in [5, 5.41) is 0. The molecule has 0 spiro atoms. The van der Waals surface area contributed by atoms with Gasteiger partial charge in [-0.25, -0.2) is 0 Å². The van der Waals surface area contributed by atoms with Gasteiger partial charge in [0.2, 0.25) is 5.91 Å². The largest absolute Gasteiger partial charge is 0.399 e. The van der Waals surface area contributed by atoms with Gasteiger partial charge in [-0.1, -0.05) is 25.8 Å². The molecule has 0 bridgehead atoms. The first-order valence-corrected chi connectivity index (χ1v) is 6.89. The zero-order valence-electron chi connectivity index (χ0n) is 11.1. The molecule has 1 saturated carbocycles. The number of anilines is 2. The predicted octanol–water partition coefficient (Wildman–Crippen LogP) is 3.20. The number of nitrogens with two attached hydrogens (primary N) is 1. The number of hydrogen-bond acceptors (Lipinski definition) is 2. The number of carbonyl (C=O) groups excluding carboxylic acids is 1. The third-order valence-electron chi connectivity index (χ3n) is 3.60. The smallest absolute Gasteiger partial charge is 0.230 e. The minimum absolute atomic E-state index is 0.220. The summed E-state index contributed by atoms with van der Waals surface area (Å²) in [6, 6.07) is 7.63. The van der Waals surface area contributed by atoms with E-state index in [0.717, 1.165) is 31.5 Å². The number of amides is 1. The maximum atomic E-state index is 12.5. The Morgan fingerprint density at radius 3 is 2.72 bits per heavy atom. The number of nitrogens with zero attached hydrogens (tertiary/aromatic N) is 1. The topological polar surface area (TPSA) is 46.3 Å². The Labute approximate surface area is 109 Å². The van der Waals surface area contributed by atoms with Crippen LogP contribution in [0.4, 0.5) is 11.4 Å². The molecule has 1 aliphatic rings. The van der Waals surface area contributed by atoms with Crippen LogP contribution in [0.2, 0.25) is 0 Å². The van der Waals surface area contributed by atoms with Crippen LogP contribution in [0.3, 0.4) is 0 Å². The monoisotopic (exact) mass is 246 g/mol. The molecule has 1 aromatic carbocycles. The Bertz CT molecular complexity index is 411. The van der Waals surface area contributed by atoms with Crippen LogP contribution in [0.5, 0.6) is 0 Å². The second-order valence-corrected chi connectivity index (χ2v) is 5.07. The molecule has 3 nitrogen and oxygen atoms in total. The van der Waals surface area contributed by atoms with Gasteiger partial charge in [0, 0.05) is 23.8 Å². The summed E-state index contributed by atoms with van der Waals surface area (Å²) in [5.41, 5.74) is 7.46. The van der Waals surface area contributed by atoms with E-state index >= 15 is 0 Å². The third kappa shape index (κ3) is 2.84. The van der Waals surface area contributed by atoms with Crippen molar-refractivity contribution in [2.45, 2.75) is 39.0 Å². The summed E-state index contributed by atoms with van der Waals surface area (Å²) < 4.78 is 0. The maximum absolute atomic E-state index is 12.5. The van der Waals surface area contributed by atoms with E-state index in [-0.39, 0.29) is 11.8 Å². The molecule has 1 aliphatic carbocycles. The highest BCUT2D eigenvalue weighted by Crippen LogP contribution is 2.29. The summed E-state index contributed by atoms with van der Waals surface area (Å²) in [5.74, 6) is 0.498. The zero-order valence-corrected chi connectivity index (χ0v) is 11.1. The van der Waals surface area contributed by atoms with Gasteiger partial charge in [0.05, 0.1) is 0 Å². The molecule has 0 heterocycles. The van der Waals surface area contributed by atoms with Crippen molar-refractivity contribution in [2.75, 3.05) is 17.2 Å². The van der Waals surface area contributed by atoms with Crippen molar-refractivity contribution in [3.8, 4) is 0 Å². The standard InChI is InChI=1S/C15H22N2O/c1-2-10-17(14-9-5-8-13(16)11-14)15(18)12-6-3-4-7-12/h5,8-9,11-12H,2-4,6-7,10,16H2,1H3. The Hall–Kier alpha value is -1.51. The fourth-order valence-corrected chi connectivity index (χ4v) is 2.68. The van der Waals surface area contributed by atoms with E-state index in [1.54, 1.807) is 0 Å². The van der Waals surface area contributed by atoms with Crippen LogP contribution in [-0.4, -0.2) is 12.5 Å². The van der Waals surface area contributed by atoms with Gasteiger partial charge in [-0.05, 0) is 37.5 Å². The summed E-state index contributed by atoms with van der Waals surface area (Å²) in [4.78, 5) is 14.4. The van der Waals surface area contributed by atoms with Crippen molar-refractivity contribution >= 4 is 17.3 Å². The normalized spacial score (nSPS) is 15.8. The van der Waals surface area contributed by atoms with Gasteiger partial charge in [-0.15, -0.1) is 0 Å². The van der Waals surface area contributed by atoms with Gasteiger partial charge < -0.3 is 10.6 Å². The highest BCUT2D eigenvalue weighted by Gasteiger charge is 2.27. The second kappa shape index (κ2) is 5.89.